The number of carbonyl (C=O) groups excluding carboxylic acids is 2. The van der Waals surface area contributed by atoms with Crippen molar-refractivity contribution >= 4 is 28.9 Å². The molecule has 2 aromatic rings. The van der Waals surface area contributed by atoms with Gasteiger partial charge in [0, 0.05) is 29.0 Å². The van der Waals surface area contributed by atoms with Crippen LogP contribution in [0.4, 0.5) is 17.1 Å². The van der Waals surface area contributed by atoms with Crippen LogP contribution in [0.15, 0.2) is 48.5 Å². The molecule has 4 N–H and O–H groups in total. The Hall–Kier alpha value is -2.82. The smallest absolute Gasteiger partial charge is 0.255 e. The number of nitrogen functional groups attached to an aromatic ring is 1. The van der Waals surface area contributed by atoms with E-state index in [9.17, 15) is 9.59 Å². The van der Waals surface area contributed by atoms with Gasteiger partial charge in [-0.2, -0.15) is 0 Å². The molecule has 22 heavy (non-hydrogen) atoms. The number of hydrogen-bond donors (Lipinski definition) is 3. The molecule has 5 heteroatoms. The van der Waals surface area contributed by atoms with Gasteiger partial charge >= 0.3 is 0 Å². The molecule has 5 nitrogen and oxygen atoms in total. The lowest BCUT2D eigenvalue weighted by molar-refractivity contribution is -0.116. The predicted octanol–water partition coefficient (Wildman–Crippen LogP) is 3.26. The monoisotopic (exact) mass is 297 g/mol. The molecule has 0 aliphatic heterocycles. The van der Waals surface area contributed by atoms with Gasteiger partial charge in [0.2, 0.25) is 5.91 Å². The highest BCUT2D eigenvalue weighted by Gasteiger charge is 2.07. The van der Waals surface area contributed by atoms with Gasteiger partial charge in [0.05, 0.1) is 0 Å². The van der Waals surface area contributed by atoms with Crippen LogP contribution in [0.25, 0.3) is 0 Å². The average molecular weight is 297 g/mol. The fraction of sp³-hybridized carbons (Fsp3) is 0.176. The summed E-state index contributed by atoms with van der Waals surface area (Å²) in [5.74, 6) is -0.286. The van der Waals surface area contributed by atoms with Gasteiger partial charge in [-0.25, -0.2) is 0 Å². The van der Waals surface area contributed by atoms with Crippen molar-refractivity contribution in [3.8, 4) is 0 Å². The van der Waals surface area contributed by atoms with E-state index in [1.807, 2.05) is 6.92 Å². The lowest BCUT2D eigenvalue weighted by Crippen LogP contribution is -2.13. The van der Waals surface area contributed by atoms with Crippen LogP contribution in [-0.2, 0) is 4.79 Å². The van der Waals surface area contributed by atoms with E-state index in [0.717, 1.165) is 6.42 Å². The number of rotatable bonds is 5. The summed E-state index contributed by atoms with van der Waals surface area (Å²) in [5, 5.41) is 5.58. The van der Waals surface area contributed by atoms with Crippen molar-refractivity contribution in [2.45, 2.75) is 19.8 Å². The van der Waals surface area contributed by atoms with Gasteiger partial charge in [0.15, 0.2) is 0 Å². The van der Waals surface area contributed by atoms with Gasteiger partial charge in [-0.05, 0) is 42.8 Å². The van der Waals surface area contributed by atoms with E-state index < -0.39 is 0 Å². The lowest BCUT2D eigenvalue weighted by atomic mass is 10.2. The number of benzene rings is 2. The number of hydrogen-bond acceptors (Lipinski definition) is 3. The van der Waals surface area contributed by atoms with Crippen LogP contribution < -0.4 is 16.4 Å². The maximum absolute atomic E-state index is 12.1. The SMILES string of the molecule is CCCC(=O)Nc1cccc(NC(=O)c2cccc(N)c2)c1. The highest BCUT2D eigenvalue weighted by atomic mass is 16.2. The highest BCUT2D eigenvalue weighted by molar-refractivity contribution is 6.05. The van der Waals surface area contributed by atoms with Gasteiger partial charge in [-0.15, -0.1) is 0 Å². The van der Waals surface area contributed by atoms with Gasteiger partial charge in [0.25, 0.3) is 5.91 Å². The molecule has 2 rings (SSSR count). The third kappa shape index (κ3) is 4.34. The summed E-state index contributed by atoms with van der Waals surface area (Å²) in [6.45, 7) is 1.95. The number of nitrogens with two attached hydrogens (primary N) is 1. The zero-order valence-corrected chi connectivity index (χ0v) is 12.4. The van der Waals surface area contributed by atoms with Crippen LogP contribution in [-0.4, -0.2) is 11.8 Å². The van der Waals surface area contributed by atoms with Crippen LogP contribution in [0.3, 0.4) is 0 Å². The zero-order valence-electron chi connectivity index (χ0n) is 12.4. The zero-order chi connectivity index (χ0) is 15.9. The van der Waals surface area contributed by atoms with E-state index in [4.69, 9.17) is 5.73 Å². The molecular weight excluding hydrogens is 278 g/mol. The summed E-state index contributed by atoms with van der Waals surface area (Å²) in [4.78, 5) is 23.7. The Morgan fingerprint density at radius 3 is 2.36 bits per heavy atom. The van der Waals surface area contributed by atoms with E-state index in [1.54, 1.807) is 48.5 Å². The summed E-state index contributed by atoms with van der Waals surface area (Å²) in [6, 6.07) is 13.8. The minimum absolute atomic E-state index is 0.0400. The quantitative estimate of drug-likeness (QED) is 0.741. The molecule has 0 radical (unpaired) electrons. The van der Waals surface area contributed by atoms with Gasteiger partial charge in [0.1, 0.15) is 0 Å². The Labute approximate surface area is 129 Å². The maximum atomic E-state index is 12.1. The van der Waals surface area contributed by atoms with E-state index in [2.05, 4.69) is 10.6 Å². The van der Waals surface area contributed by atoms with Crippen molar-refractivity contribution in [2.24, 2.45) is 0 Å². The third-order valence-electron chi connectivity index (χ3n) is 3.03. The van der Waals surface area contributed by atoms with E-state index in [0.29, 0.717) is 29.0 Å². The molecule has 0 saturated heterocycles. The summed E-state index contributed by atoms with van der Waals surface area (Å²) in [6.07, 6.45) is 1.26. The number of anilines is 3. The summed E-state index contributed by atoms with van der Waals surface area (Å²) in [7, 11) is 0. The van der Waals surface area contributed by atoms with Crippen LogP contribution in [0, 0.1) is 0 Å². The molecule has 0 spiro atoms. The predicted molar refractivity (Wildman–Crippen MR) is 88.8 cm³/mol. The molecular formula is C17H19N3O2. The molecule has 0 aliphatic carbocycles. The topological polar surface area (TPSA) is 84.2 Å². The Bertz CT molecular complexity index is 683. The van der Waals surface area contributed by atoms with Crippen LogP contribution >= 0.6 is 0 Å². The minimum atomic E-state index is -0.246. The summed E-state index contributed by atoms with van der Waals surface area (Å²) in [5.41, 5.74) is 7.96. The number of amides is 2. The highest BCUT2D eigenvalue weighted by Crippen LogP contribution is 2.17. The maximum Gasteiger partial charge on any atom is 0.255 e. The first kappa shape index (κ1) is 15.6. The molecule has 0 unspecified atom stereocenters. The first-order valence-corrected chi connectivity index (χ1v) is 7.15. The Balaban J connectivity index is 2.07. The molecule has 2 amide bonds. The van der Waals surface area contributed by atoms with Crippen molar-refractivity contribution in [3.63, 3.8) is 0 Å². The molecule has 0 bridgehead atoms. The van der Waals surface area contributed by atoms with Gasteiger partial charge < -0.3 is 16.4 Å². The summed E-state index contributed by atoms with van der Waals surface area (Å²) < 4.78 is 0. The molecule has 2 aromatic carbocycles. The van der Waals surface area contributed by atoms with Gasteiger partial charge in [-0.3, -0.25) is 9.59 Å². The number of carbonyl (C=O) groups is 2. The molecule has 0 atom stereocenters. The molecule has 114 valence electrons. The molecule has 0 fully saturated rings. The van der Waals surface area contributed by atoms with Crippen LogP contribution in [0.5, 0.6) is 0 Å². The molecule has 0 aliphatic rings. The van der Waals surface area contributed by atoms with E-state index in [-0.39, 0.29) is 11.8 Å². The normalized spacial score (nSPS) is 10.0. The fourth-order valence-corrected chi connectivity index (χ4v) is 2.01. The average Bonchev–Trinajstić information content (AvgIpc) is 2.47. The van der Waals surface area contributed by atoms with Crippen molar-refractivity contribution in [3.05, 3.63) is 54.1 Å². The Morgan fingerprint density at radius 2 is 1.68 bits per heavy atom. The Morgan fingerprint density at radius 1 is 1.00 bits per heavy atom. The second-order valence-electron chi connectivity index (χ2n) is 4.96. The standard InChI is InChI=1S/C17H19N3O2/c1-2-5-16(21)19-14-8-4-9-15(11-14)20-17(22)12-6-3-7-13(18)10-12/h3-4,6-11H,2,5,18H2,1H3,(H,19,21)(H,20,22). The van der Waals surface area contributed by atoms with Crippen molar-refractivity contribution in [1.29, 1.82) is 0 Å². The van der Waals surface area contributed by atoms with Crippen molar-refractivity contribution < 1.29 is 9.59 Å². The number of nitrogens with one attached hydrogen (secondary N) is 2. The second kappa shape index (κ2) is 7.26. The van der Waals surface area contributed by atoms with E-state index >= 15 is 0 Å². The van der Waals surface area contributed by atoms with E-state index in [1.165, 1.54) is 0 Å². The third-order valence-corrected chi connectivity index (χ3v) is 3.03. The van der Waals surface area contributed by atoms with Crippen molar-refractivity contribution in [1.82, 2.24) is 0 Å². The van der Waals surface area contributed by atoms with Crippen molar-refractivity contribution in [2.75, 3.05) is 16.4 Å². The second-order valence-corrected chi connectivity index (χ2v) is 4.96. The van der Waals surface area contributed by atoms with Crippen LogP contribution in [0.1, 0.15) is 30.1 Å². The Kier molecular flexibility index (Phi) is 5.14. The minimum Gasteiger partial charge on any atom is -0.399 e. The molecule has 0 heterocycles. The summed E-state index contributed by atoms with van der Waals surface area (Å²) >= 11 is 0. The molecule has 0 aromatic heterocycles. The van der Waals surface area contributed by atoms with Crippen LogP contribution in [0.2, 0.25) is 0 Å². The van der Waals surface area contributed by atoms with Gasteiger partial charge in [-0.1, -0.05) is 19.1 Å². The first-order chi connectivity index (χ1) is 10.6. The first-order valence-electron chi connectivity index (χ1n) is 7.15. The largest absolute Gasteiger partial charge is 0.399 e. The fourth-order valence-electron chi connectivity index (χ4n) is 2.01. The molecule has 0 saturated carbocycles. The lowest BCUT2D eigenvalue weighted by Gasteiger charge is -2.09.